The molecule has 6 heteroatoms. The summed E-state index contributed by atoms with van der Waals surface area (Å²) in [7, 11) is 0. The second-order valence-corrected chi connectivity index (χ2v) is 5.03. The number of amides is 2. The van der Waals surface area contributed by atoms with Gasteiger partial charge in [-0.3, -0.25) is 9.59 Å². The lowest BCUT2D eigenvalue weighted by molar-refractivity contribution is -0.115. The number of hydrogen-bond donors (Lipinski definition) is 2. The van der Waals surface area contributed by atoms with E-state index in [0.717, 1.165) is 5.56 Å². The van der Waals surface area contributed by atoms with Crippen LogP contribution in [0.1, 0.15) is 15.9 Å². The molecule has 1 aromatic carbocycles. The number of nitrogens with zero attached hydrogens (tertiary/aromatic N) is 1. The van der Waals surface area contributed by atoms with Crippen LogP contribution in [0.15, 0.2) is 42.6 Å². The molecule has 0 aliphatic rings. The molecule has 2 aromatic rings. The Morgan fingerprint density at radius 2 is 2.00 bits per heavy atom. The van der Waals surface area contributed by atoms with Gasteiger partial charge in [-0.15, -0.1) is 6.42 Å². The first-order chi connectivity index (χ1) is 11.1. The number of pyridine rings is 1. The van der Waals surface area contributed by atoms with Crippen molar-refractivity contribution in [3.8, 4) is 12.3 Å². The average molecular weight is 328 g/mol. The third kappa shape index (κ3) is 4.83. The summed E-state index contributed by atoms with van der Waals surface area (Å²) >= 11 is 5.71. The molecule has 2 N–H and O–H groups in total. The minimum absolute atomic E-state index is 0.123. The monoisotopic (exact) mass is 327 g/mol. The number of aromatic nitrogens is 1. The molecular weight excluding hydrogens is 314 g/mol. The molecule has 0 saturated heterocycles. The number of terminal acetylenes is 1. The maximum atomic E-state index is 12.1. The van der Waals surface area contributed by atoms with Gasteiger partial charge in [-0.2, -0.15) is 0 Å². The molecule has 0 unspecified atom stereocenters. The van der Waals surface area contributed by atoms with E-state index >= 15 is 0 Å². The normalized spacial score (nSPS) is 9.74. The van der Waals surface area contributed by atoms with E-state index in [1.807, 2.05) is 0 Å². The van der Waals surface area contributed by atoms with E-state index in [1.54, 1.807) is 36.4 Å². The van der Waals surface area contributed by atoms with Crippen LogP contribution in [0.4, 0.5) is 5.69 Å². The third-order valence-electron chi connectivity index (χ3n) is 2.95. The predicted molar refractivity (Wildman–Crippen MR) is 89.2 cm³/mol. The van der Waals surface area contributed by atoms with Crippen LogP contribution in [0.2, 0.25) is 5.15 Å². The zero-order valence-corrected chi connectivity index (χ0v) is 12.9. The fraction of sp³-hybridized carbons (Fsp3) is 0.118. The van der Waals surface area contributed by atoms with Crippen LogP contribution in [-0.4, -0.2) is 23.3 Å². The van der Waals surface area contributed by atoms with E-state index in [2.05, 4.69) is 21.5 Å². The van der Waals surface area contributed by atoms with E-state index in [4.69, 9.17) is 18.0 Å². The number of carbonyl (C=O) groups is 2. The van der Waals surface area contributed by atoms with Crippen molar-refractivity contribution in [2.45, 2.75) is 6.42 Å². The van der Waals surface area contributed by atoms with Gasteiger partial charge in [0.25, 0.3) is 5.91 Å². The van der Waals surface area contributed by atoms with Crippen molar-refractivity contribution >= 4 is 29.1 Å². The van der Waals surface area contributed by atoms with Crippen LogP contribution in [0.25, 0.3) is 0 Å². The molecule has 0 spiro atoms. The lowest BCUT2D eigenvalue weighted by Crippen LogP contribution is -2.25. The van der Waals surface area contributed by atoms with Crippen LogP contribution in [0.3, 0.4) is 0 Å². The van der Waals surface area contributed by atoms with Crippen LogP contribution in [0, 0.1) is 12.3 Å². The summed E-state index contributed by atoms with van der Waals surface area (Å²) in [4.78, 5) is 28.1. The predicted octanol–water partition coefficient (Wildman–Crippen LogP) is 2.28. The van der Waals surface area contributed by atoms with Crippen molar-refractivity contribution in [1.82, 2.24) is 10.3 Å². The number of nitrogens with one attached hydrogen (secondary N) is 2. The number of para-hydroxylation sites is 1. The second kappa shape index (κ2) is 7.97. The summed E-state index contributed by atoms with van der Waals surface area (Å²) in [6, 6.07) is 10.1. The zero-order valence-electron chi connectivity index (χ0n) is 12.2. The van der Waals surface area contributed by atoms with Gasteiger partial charge in [0.05, 0.1) is 24.2 Å². The van der Waals surface area contributed by atoms with E-state index in [-0.39, 0.29) is 24.8 Å². The molecule has 0 radical (unpaired) electrons. The van der Waals surface area contributed by atoms with E-state index in [0.29, 0.717) is 16.4 Å². The Morgan fingerprint density at radius 3 is 2.70 bits per heavy atom. The highest BCUT2D eigenvalue weighted by molar-refractivity contribution is 6.29. The smallest absolute Gasteiger partial charge is 0.254 e. The van der Waals surface area contributed by atoms with Crippen LogP contribution in [0.5, 0.6) is 0 Å². The molecule has 2 amide bonds. The van der Waals surface area contributed by atoms with Gasteiger partial charge in [0.2, 0.25) is 5.91 Å². The zero-order chi connectivity index (χ0) is 16.7. The van der Waals surface area contributed by atoms with Gasteiger partial charge in [-0.05, 0) is 23.8 Å². The Morgan fingerprint density at radius 1 is 1.22 bits per heavy atom. The van der Waals surface area contributed by atoms with Crippen molar-refractivity contribution in [3.63, 3.8) is 0 Å². The van der Waals surface area contributed by atoms with Gasteiger partial charge in [0.15, 0.2) is 0 Å². The highest BCUT2D eigenvalue weighted by Gasteiger charge is 2.12. The summed E-state index contributed by atoms with van der Waals surface area (Å²) in [5.41, 5.74) is 1.50. The topological polar surface area (TPSA) is 71.1 Å². The van der Waals surface area contributed by atoms with Gasteiger partial charge in [-0.1, -0.05) is 35.7 Å². The summed E-state index contributed by atoms with van der Waals surface area (Å²) in [5.74, 6) is 1.73. The van der Waals surface area contributed by atoms with Gasteiger partial charge in [-0.25, -0.2) is 4.98 Å². The van der Waals surface area contributed by atoms with Crippen LogP contribution in [-0.2, 0) is 11.2 Å². The molecule has 0 atom stereocenters. The molecule has 0 saturated carbocycles. The number of halogens is 1. The molecule has 5 nitrogen and oxygen atoms in total. The van der Waals surface area contributed by atoms with Crippen molar-refractivity contribution < 1.29 is 9.59 Å². The van der Waals surface area contributed by atoms with Crippen LogP contribution >= 0.6 is 11.6 Å². The fourth-order valence-electron chi connectivity index (χ4n) is 1.91. The van der Waals surface area contributed by atoms with E-state index in [1.165, 1.54) is 6.20 Å². The van der Waals surface area contributed by atoms with Crippen LogP contribution < -0.4 is 10.6 Å². The van der Waals surface area contributed by atoms with E-state index < -0.39 is 0 Å². The highest BCUT2D eigenvalue weighted by Crippen LogP contribution is 2.15. The number of benzene rings is 1. The van der Waals surface area contributed by atoms with Crippen molar-refractivity contribution in [2.24, 2.45) is 0 Å². The fourth-order valence-corrected chi connectivity index (χ4v) is 2.02. The molecule has 0 bridgehead atoms. The molecular formula is C17H14ClN3O2. The Kier molecular flexibility index (Phi) is 5.73. The Balaban J connectivity index is 2.07. The molecule has 23 heavy (non-hydrogen) atoms. The molecule has 1 heterocycles. The first-order valence-corrected chi connectivity index (χ1v) is 7.19. The average Bonchev–Trinajstić information content (AvgIpc) is 2.55. The highest BCUT2D eigenvalue weighted by atomic mass is 35.5. The number of anilines is 1. The Labute approximate surface area is 139 Å². The van der Waals surface area contributed by atoms with Crippen molar-refractivity contribution in [2.75, 3.05) is 11.9 Å². The largest absolute Gasteiger partial charge is 0.341 e. The quantitative estimate of drug-likeness (QED) is 0.654. The minimum atomic E-state index is -0.341. The molecule has 0 aliphatic carbocycles. The van der Waals surface area contributed by atoms with Crippen molar-refractivity contribution in [3.05, 3.63) is 58.9 Å². The molecule has 116 valence electrons. The van der Waals surface area contributed by atoms with Gasteiger partial charge >= 0.3 is 0 Å². The molecule has 0 fully saturated rings. The van der Waals surface area contributed by atoms with Gasteiger partial charge in [0, 0.05) is 6.20 Å². The SMILES string of the molecule is C#CCNC(=O)c1ccccc1NC(=O)Cc1ccc(Cl)nc1. The maximum absolute atomic E-state index is 12.1. The van der Waals surface area contributed by atoms with Gasteiger partial charge < -0.3 is 10.6 Å². The van der Waals surface area contributed by atoms with Gasteiger partial charge in [0.1, 0.15) is 5.15 Å². The van der Waals surface area contributed by atoms with E-state index in [9.17, 15) is 9.59 Å². The third-order valence-corrected chi connectivity index (χ3v) is 3.17. The maximum Gasteiger partial charge on any atom is 0.254 e. The summed E-state index contributed by atoms with van der Waals surface area (Å²) in [6.45, 7) is 0.123. The minimum Gasteiger partial charge on any atom is -0.341 e. The Hall–Kier alpha value is -2.84. The van der Waals surface area contributed by atoms with Crippen molar-refractivity contribution in [1.29, 1.82) is 0 Å². The molecule has 1 aromatic heterocycles. The first-order valence-electron chi connectivity index (χ1n) is 6.81. The summed E-state index contributed by atoms with van der Waals surface area (Å²) < 4.78 is 0. The first kappa shape index (κ1) is 16.5. The second-order valence-electron chi connectivity index (χ2n) is 4.65. The lowest BCUT2D eigenvalue weighted by Gasteiger charge is -2.10. The number of hydrogen-bond acceptors (Lipinski definition) is 3. The summed E-state index contributed by atoms with van der Waals surface area (Å²) in [6.07, 6.45) is 6.79. The Bertz CT molecular complexity index is 751. The molecule has 2 rings (SSSR count). The number of carbonyl (C=O) groups excluding carboxylic acids is 2. The summed E-state index contributed by atoms with van der Waals surface area (Å²) in [5, 5.41) is 5.65. The standard InChI is InChI=1S/C17H14ClN3O2/c1-2-9-19-17(23)13-5-3-4-6-14(13)21-16(22)10-12-7-8-15(18)20-11-12/h1,3-8,11H,9-10H2,(H,19,23)(H,21,22). The molecule has 0 aliphatic heterocycles. The lowest BCUT2D eigenvalue weighted by atomic mass is 10.1. The number of rotatable bonds is 5.